The molecule has 1 heterocycles. The number of halogens is 1. The van der Waals surface area contributed by atoms with Gasteiger partial charge >= 0.3 is 5.97 Å². The van der Waals surface area contributed by atoms with Crippen LogP contribution in [0.4, 0.5) is 0 Å². The first-order valence-corrected chi connectivity index (χ1v) is 7.36. The maximum Gasteiger partial charge on any atom is 0.308 e. The van der Waals surface area contributed by atoms with Crippen molar-refractivity contribution in [3.63, 3.8) is 0 Å². The van der Waals surface area contributed by atoms with Crippen LogP contribution >= 0.6 is 11.6 Å². The van der Waals surface area contributed by atoms with Crippen LogP contribution in [0.1, 0.15) is 30.6 Å². The van der Waals surface area contributed by atoms with Gasteiger partial charge in [0.1, 0.15) is 0 Å². The van der Waals surface area contributed by atoms with E-state index in [0.717, 1.165) is 0 Å². The maximum absolute atomic E-state index is 12.2. The highest BCUT2D eigenvalue weighted by molar-refractivity contribution is 6.32. The summed E-state index contributed by atoms with van der Waals surface area (Å²) in [4.78, 5) is 23.3. The molecular weight excluding hydrogens is 310 g/mol. The second kappa shape index (κ2) is 6.87. The van der Waals surface area contributed by atoms with Gasteiger partial charge in [-0.15, -0.1) is 0 Å². The first-order valence-electron chi connectivity index (χ1n) is 6.98. The molecule has 7 heteroatoms. The summed E-state index contributed by atoms with van der Waals surface area (Å²) < 4.78 is 10.4. The summed E-state index contributed by atoms with van der Waals surface area (Å²) in [5.74, 6) is -0.865. The molecule has 6 nitrogen and oxygen atoms in total. The van der Waals surface area contributed by atoms with E-state index in [1.165, 1.54) is 12.1 Å². The number of amides is 1. The third kappa shape index (κ3) is 3.82. The van der Waals surface area contributed by atoms with Crippen LogP contribution in [-0.4, -0.2) is 30.3 Å². The Balaban J connectivity index is 2.03. The van der Waals surface area contributed by atoms with Gasteiger partial charge < -0.3 is 19.9 Å². The number of carbonyl (C=O) groups excluding carboxylic acids is 1. The highest BCUT2D eigenvalue weighted by Gasteiger charge is 2.23. The maximum atomic E-state index is 12.2. The standard InChI is InChI=1S/C15H18ClNO5/c1-8(2)3-10(15(19)20)6-17-14(18)9-4-11(16)13-12(5-9)21-7-22-13/h4-5,8,10H,3,6-7H2,1-2H3,(H,17,18)(H,19,20). The molecule has 0 radical (unpaired) electrons. The highest BCUT2D eigenvalue weighted by atomic mass is 35.5. The molecule has 1 aliphatic rings. The Labute approximate surface area is 133 Å². The molecule has 2 N–H and O–H groups in total. The van der Waals surface area contributed by atoms with E-state index in [2.05, 4.69) is 5.32 Å². The zero-order valence-electron chi connectivity index (χ0n) is 12.4. The largest absolute Gasteiger partial charge is 0.481 e. The number of hydrogen-bond donors (Lipinski definition) is 2. The minimum atomic E-state index is -0.919. The Kier molecular flexibility index (Phi) is 5.13. The van der Waals surface area contributed by atoms with E-state index in [0.29, 0.717) is 23.5 Å². The number of benzene rings is 1. The molecule has 0 spiro atoms. The zero-order chi connectivity index (χ0) is 16.3. The average molecular weight is 328 g/mol. The summed E-state index contributed by atoms with van der Waals surface area (Å²) in [6, 6.07) is 3.00. The first kappa shape index (κ1) is 16.4. The Morgan fingerprint density at radius 1 is 1.36 bits per heavy atom. The summed E-state index contributed by atoms with van der Waals surface area (Å²) in [7, 11) is 0. The molecule has 22 heavy (non-hydrogen) atoms. The lowest BCUT2D eigenvalue weighted by Gasteiger charge is -2.15. The van der Waals surface area contributed by atoms with E-state index in [1.54, 1.807) is 0 Å². The molecule has 0 aromatic heterocycles. The smallest absolute Gasteiger partial charge is 0.308 e. The fourth-order valence-electron chi connectivity index (χ4n) is 2.26. The number of aliphatic carboxylic acids is 1. The third-order valence-corrected chi connectivity index (χ3v) is 3.58. The minimum absolute atomic E-state index is 0.0651. The molecule has 2 rings (SSSR count). The number of rotatable bonds is 6. The molecule has 1 aromatic carbocycles. The number of carbonyl (C=O) groups is 2. The van der Waals surface area contributed by atoms with Crippen LogP contribution in [0.15, 0.2) is 12.1 Å². The number of nitrogens with one attached hydrogen (secondary N) is 1. The third-order valence-electron chi connectivity index (χ3n) is 3.30. The predicted octanol–water partition coefficient (Wildman–Crippen LogP) is 2.55. The number of ether oxygens (including phenoxy) is 2. The number of hydrogen-bond acceptors (Lipinski definition) is 4. The van der Waals surface area contributed by atoms with Gasteiger partial charge in [-0.2, -0.15) is 0 Å². The molecule has 0 fully saturated rings. The summed E-state index contributed by atoms with van der Waals surface area (Å²) >= 11 is 6.02. The van der Waals surface area contributed by atoms with Gasteiger partial charge in [-0.1, -0.05) is 25.4 Å². The van der Waals surface area contributed by atoms with E-state index >= 15 is 0 Å². The fraction of sp³-hybridized carbons (Fsp3) is 0.467. The molecule has 1 aliphatic heterocycles. The molecule has 0 saturated carbocycles. The van der Waals surface area contributed by atoms with Crippen molar-refractivity contribution in [1.82, 2.24) is 5.32 Å². The van der Waals surface area contributed by atoms with Crippen LogP contribution in [0.5, 0.6) is 11.5 Å². The van der Waals surface area contributed by atoms with Gasteiger partial charge in [-0.05, 0) is 24.5 Å². The van der Waals surface area contributed by atoms with Gasteiger partial charge in [0.25, 0.3) is 5.91 Å². The van der Waals surface area contributed by atoms with Crippen molar-refractivity contribution in [2.24, 2.45) is 11.8 Å². The van der Waals surface area contributed by atoms with Gasteiger partial charge in [0, 0.05) is 12.1 Å². The molecule has 1 atom stereocenters. The number of fused-ring (bicyclic) bond motifs is 1. The monoisotopic (exact) mass is 327 g/mol. The van der Waals surface area contributed by atoms with Crippen LogP contribution in [0.25, 0.3) is 0 Å². The van der Waals surface area contributed by atoms with E-state index < -0.39 is 17.8 Å². The van der Waals surface area contributed by atoms with Gasteiger partial charge in [-0.3, -0.25) is 9.59 Å². The van der Waals surface area contributed by atoms with E-state index in [9.17, 15) is 9.59 Å². The van der Waals surface area contributed by atoms with E-state index in [-0.39, 0.29) is 24.3 Å². The summed E-state index contributed by atoms with van der Waals surface area (Å²) in [6.07, 6.45) is 0.498. The van der Waals surface area contributed by atoms with Crippen molar-refractivity contribution in [2.75, 3.05) is 13.3 Å². The highest BCUT2D eigenvalue weighted by Crippen LogP contribution is 2.39. The average Bonchev–Trinajstić information content (AvgIpc) is 2.91. The van der Waals surface area contributed by atoms with Crippen molar-refractivity contribution in [2.45, 2.75) is 20.3 Å². The Morgan fingerprint density at radius 2 is 2.09 bits per heavy atom. The van der Waals surface area contributed by atoms with Crippen molar-refractivity contribution in [1.29, 1.82) is 0 Å². The number of carboxylic acids is 1. The minimum Gasteiger partial charge on any atom is -0.481 e. The molecule has 1 amide bonds. The van der Waals surface area contributed by atoms with Gasteiger partial charge in [0.15, 0.2) is 11.5 Å². The summed E-state index contributed by atoms with van der Waals surface area (Å²) in [5, 5.41) is 12.1. The first-order chi connectivity index (χ1) is 10.4. The van der Waals surface area contributed by atoms with Crippen molar-refractivity contribution in [3.8, 4) is 11.5 Å². The Hall–Kier alpha value is -1.95. The van der Waals surface area contributed by atoms with Gasteiger partial charge in [-0.25, -0.2) is 0 Å². The van der Waals surface area contributed by atoms with E-state index in [4.69, 9.17) is 26.2 Å². The van der Waals surface area contributed by atoms with Gasteiger partial charge in [0.2, 0.25) is 6.79 Å². The normalized spacial score (nSPS) is 14.0. The van der Waals surface area contributed by atoms with Crippen molar-refractivity contribution < 1.29 is 24.2 Å². The topological polar surface area (TPSA) is 84.9 Å². The molecule has 1 unspecified atom stereocenters. The zero-order valence-corrected chi connectivity index (χ0v) is 13.1. The molecule has 1 aromatic rings. The molecule has 0 aliphatic carbocycles. The second-order valence-corrected chi connectivity index (χ2v) is 5.97. The van der Waals surface area contributed by atoms with Gasteiger partial charge in [0.05, 0.1) is 10.9 Å². The van der Waals surface area contributed by atoms with Crippen molar-refractivity contribution >= 4 is 23.5 Å². The van der Waals surface area contributed by atoms with Crippen LogP contribution in [0, 0.1) is 11.8 Å². The Morgan fingerprint density at radius 3 is 2.73 bits per heavy atom. The quantitative estimate of drug-likeness (QED) is 0.838. The van der Waals surface area contributed by atoms with E-state index in [1.807, 2.05) is 13.8 Å². The Bertz CT molecular complexity index is 588. The summed E-state index contributed by atoms with van der Waals surface area (Å²) in [5.41, 5.74) is 0.308. The molecule has 120 valence electrons. The van der Waals surface area contributed by atoms with Crippen molar-refractivity contribution in [3.05, 3.63) is 22.7 Å². The number of carboxylic acid groups (broad SMARTS) is 1. The van der Waals surface area contributed by atoms with Crippen LogP contribution in [0.2, 0.25) is 5.02 Å². The van der Waals surface area contributed by atoms with Crippen LogP contribution < -0.4 is 14.8 Å². The fourth-order valence-corrected chi connectivity index (χ4v) is 2.52. The summed E-state index contributed by atoms with van der Waals surface area (Å²) in [6.45, 7) is 4.01. The van der Waals surface area contributed by atoms with Crippen LogP contribution in [0.3, 0.4) is 0 Å². The SMILES string of the molecule is CC(C)CC(CNC(=O)c1cc(Cl)c2c(c1)OCO2)C(=O)O. The molecule has 0 saturated heterocycles. The molecule has 0 bridgehead atoms. The molecular formula is C15H18ClNO5. The predicted molar refractivity (Wildman–Crippen MR) is 80.5 cm³/mol. The van der Waals surface area contributed by atoms with Crippen LogP contribution in [-0.2, 0) is 4.79 Å². The lowest BCUT2D eigenvalue weighted by molar-refractivity contribution is -0.142. The lowest BCUT2D eigenvalue weighted by atomic mass is 9.97. The lowest BCUT2D eigenvalue weighted by Crippen LogP contribution is -2.33. The second-order valence-electron chi connectivity index (χ2n) is 5.57.